The minimum absolute atomic E-state index is 0.204. The molecule has 2 nitrogen and oxygen atoms in total. The number of nitrogens with zero attached hydrogens (tertiary/aromatic N) is 1. The van der Waals surface area contributed by atoms with E-state index in [9.17, 15) is 4.79 Å². The number of alkyl halides is 1. The summed E-state index contributed by atoms with van der Waals surface area (Å²) in [5.74, 6) is 0.204. The Labute approximate surface area is 102 Å². The maximum Gasteiger partial charge on any atom is 0.228 e. The lowest BCUT2D eigenvalue weighted by molar-refractivity contribution is -0.117. The van der Waals surface area contributed by atoms with Crippen LogP contribution in [0.3, 0.4) is 0 Å². The summed E-state index contributed by atoms with van der Waals surface area (Å²) in [4.78, 5) is 15.0. The van der Waals surface area contributed by atoms with Crippen LogP contribution in [-0.4, -0.2) is 23.5 Å². The summed E-state index contributed by atoms with van der Waals surface area (Å²) in [6.07, 6.45) is 2.64. The molecule has 1 amide bonds. The van der Waals surface area contributed by atoms with Gasteiger partial charge in [-0.05, 0) is 24.5 Å². The van der Waals surface area contributed by atoms with Crippen LogP contribution in [0.15, 0.2) is 29.2 Å². The zero-order valence-electron chi connectivity index (χ0n) is 8.44. The number of rotatable bonds is 2. The van der Waals surface area contributed by atoms with Crippen molar-refractivity contribution in [3.05, 3.63) is 24.3 Å². The molecule has 1 atom stereocenters. The second-order valence-electron chi connectivity index (χ2n) is 3.51. The molecule has 4 heteroatoms. The molecule has 1 aliphatic rings. The summed E-state index contributed by atoms with van der Waals surface area (Å²) in [6, 6.07) is 8.10. The Bertz CT molecular complexity index is 383. The molecule has 80 valence electrons. The third kappa shape index (κ3) is 2.37. The van der Waals surface area contributed by atoms with Crippen molar-refractivity contribution >= 4 is 39.3 Å². The summed E-state index contributed by atoms with van der Waals surface area (Å²) in [5.41, 5.74) is 1.01. The first-order valence-corrected chi connectivity index (χ1v) is 6.93. The molecule has 1 aromatic carbocycles. The van der Waals surface area contributed by atoms with E-state index in [0.29, 0.717) is 11.2 Å². The zero-order chi connectivity index (χ0) is 10.8. The number of carbonyl (C=O) groups excluding carboxylic acids is 1. The molecular weight excluding hydrogens is 274 g/mol. The molecule has 1 unspecified atom stereocenters. The monoisotopic (exact) mass is 285 g/mol. The molecule has 1 aromatic rings. The first kappa shape index (κ1) is 11.0. The van der Waals surface area contributed by atoms with E-state index >= 15 is 0 Å². The van der Waals surface area contributed by atoms with Crippen LogP contribution in [0.4, 0.5) is 5.69 Å². The van der Waals surface area contributed by atoms with E-state index in [-0.39, 0.29) is 5.91 Å². The topological polar surface area (TPSA) is 20.3 Å². The highest BCUT2D eigenvalue weighted by Crippen LogP contribution is 2.27. The largest absolute Gasteiger partial charge is 0.311 e. The Kier molecular flexibility index (Phi) is 3.36. The second-order valence-corrected chi connectivity index (χ2v) is 5.68. The van der Waals surface area contributed by atoms with E-state index in [1.807, 2.05) is 23.3 Å². The highest BCUT2D eigenvalue weighted by atomic mass is 79.9. The average Bonchev–Trinajstić information content (AvgIpc) is 2.58. The van der Waals surface area contributed by atoms with Crippen LogP contribution in [0.5, 0.6) is 0 Å². The molecule has 0 aliphatic carbocycles. The molecular formula is C11H12BrNOS. The lowest BCUT2D eigenvalue weighted by Gasteiger charge is -2.16. The lowest BCUT2D eigenvalue weighted by atomic mass is 10.3. The standard InChI is InChI=1S/C11H12BrNOS/c1-15-10-4-2-3-9(6-10)13-7-8(12)5-11(13)14/h2-4,6,8H,5,7H2,1H3. The van der Waals surface area contributed by atoms with E-state index < -0.39 is 0 Å². The van der Waals surface area contributed by atoms with Gasteiger partial charge in [-0.15, -0.1) is 11.8 Å². The average molecular weight is 286 g/mol. The SMILES string of the molecule is CSc1cccc(N2CC(Br)CC2=O)c1. The van der Waals surface area contributed by atoms with Gasteiger partial charge in [0, 0.05) is 28.4 Å². The number of hydrogen-bond donors (Lipinski definition) is 0. The molecule has 2 rings (SSSR count). The third-order valence-electron chi connectivity index (χ3n) is 2.44. The molecule has 0 N–H and O–H groups in total. The van der Waals surface area contributed by atoms with Crippen LogP contribution in [0.2, 0.25) is 0 Å². The Morgan fingerprint density at radius 1 is 1.53 bits per heavy atom. The molecule has 0 bridgehead atoms. The van der Waals surface area contributed by atoms with Gasteiger partial charge >= 0.3 is 0 Å². The molecule has 0 spiro atoms. The normalized spacial score (nSPS) is 21.1. The van der Waals surface area contributed by atoms with Gasteiger partial charge in [0.25, 0.3) is 0 Å². The molecule has 0 aromatic heterocycles. The third-order valence-corrected chi connectivity index (χ3v) is 3.78. The van der Waals surface area contributed by atoms with Crippen molar-refractivity contribution in [3.63, 3.8) is 0 Å². The van der Waals surface area contributed by atoms with Crippen LogP contribution >= 0.6 is 27.7 Å². The smallest absolute Gasteiger partial charge is 0.228 e. The van der Waals surface area contributed by atoms with Gasteiger partial charge in [-0.1, -0.05) is 22.0 Å². The van der Waals surface area contributed by atoms with Gasteiger partial charge in [-0.2, -0.15) is 0 Å². The number of amides is 1. The van der Waals surface area contributed by atoms with Crippen molar-refractivity contribution in [2.45, 2.75) is 16.1 Å². The zero-order valence-corrected chi connectivity index (χ0v) is 10.8. The van der Waals surface area contributed by atoms with Crippen LogP contribution in [-0.2, 0) is 4.79 Å². The summed E-state index contributed by atoms with van der Waals surface area (Å²) in [5, 5.41) is 0. The fourth-order valence-corrected chi connectivity index (χ4v) is 2.71. The first-order chi connectivity index (χ1) is 7.20. The van der Waals surface area contributed by atoms with Crippen molar-refractivity contribution in [1.29, 1.82) is 0 Å². The number of benzene rings is 1. The van der Waals surface area contributed by atoms with Gasteiger partial charge in [0.05, 0.1) is 0 Å². The van der Waals surface area contributed by atoms with Gasteiger partial charge in [-0.25, -0.2) is 0 Å². The van der Waals surface area contributed by atoms with Crippen LogP contribution in [0.1, 0.15) is 6.42 Å². The molecule has 0 saturated carbocycles. The predicted octanol–water partition coefficient (Wildman–Crippen LogP) is 2.91. The summed E-state index contributed by atoms with van der Waals surface area (Å²) in [7, 11) is 0. The van der Waals surface area contributed by atoms with Crippen LogP contribution < -0.4 is 4.90 Å². The maximum absolute atomic E-state index is 11.7. The first-order valence-electron chi connectivity index (χ1n) is 4.79. The summed E-state index contributed by atoms with van der Waals surface area (Å²) < 4.78 is 0. The number of carbonyl (C=O) groups is 1. The van der Waals surface area contributed by atoms with E-state index in [4.69, 9.17) is 0 Å². The van der Waals surface area contributed by atoms with E-state index in [2.05, 4.69) is 28.1 Å². The van der Waals surface area contributed by atoms with Gasteiger partial charge in [0.1, 0.15) is 0 Å². The van der Waals surface area contributed by atoms with Gasteiger partial charge in [-0.3, -0.25) is 4.79 Å². The van der Waals surface area contributed by atoms with E-state index in [0.717, 1.165) is 12.2 Å². The minimum Gasteiger partial charge on any atom is -0.311 e. The molecule has 1 fully saturated rings. The molecule has 1 saturated heterocycles. The number of halogens is 1. The maximum atomic E-state index is 11.7. The lowest BCUT2D eigenvalue weighted by Crippen LogP contribution is -2.24. The highest BCUT2D eigenvalue weighted by Gasteiger charge is 2.28. The quantitative estimate of drug-likeness (QED) is 0.615. The summed E-state index contributed by atoms with van der Waals surface area (Å²) >= 11 is 5.18. The fourth-order valence-electron chi connectivity index (χ4n) is 1.69. The second kappa shape index (κ2) is 4.58. The van der Waals surface area contributed by atoms with E-state index in [1.54, 1.807) is 11.8 Å². The van der Waals surface area contributed by atoms with Crippen molar-refractivity contribution in [2.24, 2.45) is 0 Å². The van der Waals surface area contributed by atoms with Crippen molar-refractivity contribution in [2.75, 3.05) is 17.7 Å². The Morgan fingerprint density at radius 2 is 2.33 bits per heavy atom. The Morgan fingerprint density at radius 3 is 2.93 bits per heavy atom. The number of thioether (sulfide) groups is 1. The van der Waals surface area contributed by atoms with E-state index in [1.165, 1.54) is 4.90 Å². The van der Waals surface area contributed by atoms with Gasteiger partial charge < -0.3 is 4.90 Å². The number of hydrogen-bond acceptors (Lipinski definition) is 2. The highest BCUT2D eigenvalue weighted by molar-refractivity contribution is 9.09. The summed E-state index contributed by atoms with van der Waals surface area (Å²) in [6.45, 7) is 0.774. The molecule has 0 radical (unpaired) electrons. The molecule has 1 aliphatic heterocycles. The number of anilines is 1. The van der Waals surface area contributed by atoms with Gasteiger partial charge in [0.2, 0.25) is 5.91 Å². The molecule has 15 heavy (non-hydrogen) atoms. The Balaban J connectivity index is 2.25. The Hall–Kier alpha value is -0.480. The fraction of sp³-hybridized carbons (Fsp3) is 0.364. The predicted molar refractivity (Wildman–Crippen MR) is 67.9 cm³/mol. The van der Waals surface area contributed by atoms with Crippen molar-refractivity contribution in [1.82, 2.24) is 0 Å². The van der Waals surface area contributed by atoms with Gasteiger partial charge in [0.15, 0.2) is 0 Å². The van der Waals surface area contributed by atoms with Crippen LogP contribution in [0.25, 0.3) is 0 Å². The minimum atomic E-state index is 0.204. The van der Waals surface area contributed by atoms with Crippen LogP contribution in [0, 0.1) is 0 Å². The van der Waals surface area contributed by atoms with Crippen molar-refractivity contribution in [3.8, 4) is 0 Å². The van der Waals surface area contributed by atoms with Crippen molar-refractivity contribution < 1.29 is 4.79 Å². The molecule has 1 heterocycles.